The maximum absolute atomic E-state index is 11.7. The monoisotopic (exact) mass is 253 g/mol. The maximum atomic E-state index is 11.7. The van der Waals surface area contributed by atoms with Crippen LogP contribution in [0.5, 0.6) is 5.75 Å². The van der Waals surface area contributed by atoms with Crippen molar-refractivity contribution in [1.29, 1.82) is 0 Å². The molecule has 0 fully saturated rings. The number of amides is 1. The molecule has 0 aliphatic rings. The van der Waals surface area contributed by atoms with Crippen LogP contribution in [-0.4, -0.2) is 35.9 Å². The minimum absolute atomic E-state index is 0.160. The van der Waals surface area contributed by atoms with Gasteiger partial charge >= 0.3 is 0 Å². The number of hydrogen-bond acceptors (Lipinski definition) is 4. The molecule has 0 unspecified atom stereocenters. The topological polar surface area (TPSA) is 78.8 Å². The number of rotatable bonds is 6. The average Bonchev–Trinajstić information content (AvgIpc) is 2.38. The summed E-state index contributed by atoms with van der Waals surface area (Å²) in [5.41, 5.74) is 0.673. The van der Waals surface area contributed by atoms with Crippen LogP contribution in [0.25, 0.3) is 0 Å². The molecule has 0 aliphatic carbocycles. The molecule has 0 saturated carbocycles. The predicted octanol–water partition coefficient (Wildman–Crippen LogP) is 1.01. The molecule has 5 nitrogen and oxygen atoms in total. The van der Waals surface area contributed by atoms with Crippen LogP contribution >= 0.6 is 0 Å². The van der Waals surface area contributed by atoms with Crippen LogP contribution < -0.4 is 10.1 Å². The highest BCUT2D eigenvalue weighted by atomic mass is 16.5. The fourth-order valence-corrected chi connectivity index (χ4v) is 1.49. The summed E-state index contributed by atoms with van der Waals surface area (Å²) in [6.07, 6.45) is -0.708. The Hall–Kier alpha value is -1.59. The lowest BCUT2D eigenvalue weighted by Gasteiger charge is -2.16. The van der Waals surface area contributed by atoms with Gasteiger partial charge in [-0.1, -0.05) is 6.92 Å². The van der Waals surface area contributed by atoms with Gasteiger partial charge in [-0.25, -0.2) is 0 Å². The molecule has 3 N–H and O–H groups in total. The zero-order chi connectivity index (χ0) is 13.5. The van der Waals surface area contributed by atoms with Crippen molar-refractivity contribution in [3.05, 3.63) is 24.3 Å². The van der Waals surface area contributed by atoms with Crippen molar-refractivity contribution >= 4 is 11.6 Å². The quantitative estimate of drug-likeness (QED) is 0.707. The first kappa shape index (κ1) is 14.5. The van der Waals surface area contributed by atoms with Crippen LogP contribution in [0, 0.1) is 5.92 Å². The van der Waals surface area contributed by atoms with Crippen molar-refractivity contribution in [2.24, 2.45) is 5.92 Å². The average molecular weight is 253 g/mol. The molecule has 0 aromatic heterocycles. The number of methoxy groups -OCH3 is 1. The van der Waals surface area contributed by atoms with Gasteiger partial charge in [-0.2, -0.15) is 0 Å². The van der Waals surface area contributed by atoms with Gasteiger partial charge in [0.2, 0.25) is 5.91 Å². The Labute approximate surface area is 106 Å². The van der Waals surface area contributed by atoms with Crippen molar-refractivity contribution < 1.29 is 19.7 Å². The van der Waals surface area contributed by atoms with Crippen LogP contribution in [0.2, 0.25) is 0 Å². The van der Waals surface area contributed by atoms with Crippen LogP contribution in [0.15, 0.2) is 24.3 Å². The second kappa shape index (κ2) is 6.98. The zero-order valence-electron chi connectivity index (χ0n) is 10.6. The van der Waals surface area contributed by atoms with E-state index in [1.165, 1.54) is 0 Å². The van der Waals surface area contributed by atoms with Gasteiger partial charge in [-0.3, -0.25) is 4.79 Å². The molecule has 1 rings (SSSR count). The number of aliphatic hydroxyl groups is 2. The molecule has 0 radical (unpaired) electrons. The van der Waals surface area contributed by atoms with E-state index in [0.717, 1.165) is 5.75 Å². The zero-order valence-corrected chi connectivity index (χ0v) is 10.6. The molecule has 0 bridgehead atoms. The number of aliphatic hydroxyl groups excluding tert-OH is 2. The van der Waals surface area contributed by atoms with Gasteiger partial charge < -0.3 is 20.3 Å². The van der Waals surface area contributed by atoms with E-state index in [9.17, 15) is 9.90 Å². The van der Waals surface area contributed by atoms with E-state index in [2.05, 4.69) is 5.32 Å². The predicted molar refractivity (Wildman–Crippen MR) is 68.5 cm³/mol. The second-order valence-electron chi connectivity index (χ2n) is 4.21. The Balaban J connectivity index is 2.48. The summed E-state index contributed by atoms with van der Waals surface area (Å²) in [6, 6.07) is 6.98. The van der Waals surface area contributed by atoms with Crippen molar-refractivity contribution in [3.63, 3.8) is 0 Å². The highest BCUT2D eigenvalue weighted by Crippen LogP contribution is 2.16. The number of carbonyl (C=O) groups excluding carboxylic acids is 1. The summed E-state index contributed by atoms with van der Waals surface area (Å²) in [5, 5.41) is 20.8. The fourth-order valence-electron chi connectivity index (χ4n) is 1.49. The van der Waals surface area contributed by atoms with Crippen molar-refractivity contribution in [2.45, 2.75) is 19.4 Å². The summed E-state index contributed by atoms with van der Waals surface area (Å²) >= 11 is 0. The van der Waals surface area contributed by atoms with Crippen LogP contribution in [0.1, 0.15) is 13.3 Å². The van der Waals surface area contributed by atoms with E-state index in [0.29, 0.717) is 5.69 Å². The van der Waals surface area contributed by atoms with Crippen LogP contribution in [-0.2, 0) is 4.79 Å². The number of benzene rings is 1. The van der Waals surface area contributed by atoms with Crippen molar-refractivity contribution in [2.75, 3.05) is 19.0 Å². The third kappa shape index (κ3) is 4.35. The highest BCUT2D eigenvalue weighted by Gasteiger charge is 2.16. The van der Waals surface area contributed by atoms with Gasteiger partial charge in [0.15, 0.2) is 0 Å². The van der Waals surface area contributed by atoms with Crippen LogP contribution in [0.3, 0.4) is 0 Å². The Morgan fingerprint density at radius 3 is 2.50 bits per heavy atom. The first-order valence-electron chi connectivity index (χ1n) is 5.79. The molecule has 0 spiro atoms. The van der Waals surface area contributed by atoms with Crippen molar-refractivity contribution in [1.82, 2.24) is 0 Å². The number of ether oxygens (including phenoxy) is 1. The van der Waals surface area contributed by atoms with Gasteiger partial charge in [-0.15, -0.1) is 0 Å². The largest absolute Gasteiger partial charge is 0.497 e. The van der Waals surface area contributed by atoms with E-state index >= 15 is 0 Å². The van der Waals surface area contributed by atoms with E-state index in [1.807, 2.05) is 0 Å². The Kier molecular flexibility index (Phi) is 5.61. The highest BCUT2D eigenvalue weighted by molar-refractivity contribution is 5.90. The number of carbonyl (C=O) groups is 1. The molecule has 0 aliphatic heterocycles. The minimum Gasteiger partial charge on any atom is -0.497 e. The molecule has 5 heteroatoms. The van der Waals surface area contributed by atoms with Crippen LogP contribution in [0.4, 0.5) is 5.69 Å². The summed E-state index contributed by atoms with van der Waals surface area (Å²) in [7, 11) is 1.57. The summed E-state index contributed by atoms with van der Waals surface area (Å²) in [4.78, 5) is 11.7. The van der Waals surface area contributed by atoms with Gasteiger partial charge in [0.05, 0.1) is 19.8 Å². The van der Waals surface area contributed by atoms with Gasteiger partial charge in [0.1, 0.15) is 5.75 Å². The summed E-state index contributed by atoms with van der Waals surface area (Å²) in [6.45, 7) is 1.38. The Morgan fingerprint density at radius 2 is 2.00 bits per heavy atom. The molecule has 2 atom stereocenters. The van der Waals surface area contributed by atoms with E-state index in [-0.39, 0.29) is 24.9 Å². The number of nitrogens with one attached hydrogen (secondary N) is 1. The Bertz CT molecular complexity index is 377. The molecule has 1 aromatic carbocycles. The molecular formula is C13H19NO4. The number of anilines is 1. The lowest BCUT2D eigenvalue weighted by atomic mass is 10.0. The number of hydrogen-bond donors (Lipinski definition) is 3. The van der Waals surface area contributed by atoms with Crippen molar-refractivity contribution in [3.8, 4) is 5.75 Å². The van der Waals surface area contributed by atoms with E-state index in [4.69, 9.17) is 9.84 Å². The molecule has 0 heterocycles. The Morgan fingerprint density at radius 1 is 1.39 bits per heavy atom. The lowest BCUT2D eigenvalue weighted by Crippen LogP contribution is -2.26. The second-order valence-corrected chi connectivity index (χ2v) is 4.21. The smallest absolute Gasteiger partial charge is 0.224 e. The summed E-state index contributed by atoms with van der Waals surface area (Å²) in [5.74, 6) is 0.241. The third-order valence-electron chi connectivity index (χ3n) is 2.73. The molecule has 1 aromatic rings. The fraction of sp³-hybridized carbons (Fsp3) is 0.462. The standard InChI is InChI=1S/C13H19NO4/c1-9(12(16)8-15)7-13(17)14-10-3-5-11(18-2)6-4-10/h3-6,9,12,15-16H,7-8H2,1-2H3,(H,14,17)/t9-,12+/m0/s1. The maximum Gasteiger partial charge on any atom is 0.224 e. The summed E-state index contributed by atoms with van der Waals surface area (Å²) < 4.78 is 5.01. The third-order valence-corrected chi connectivity index (χ3v) is 2.73. The molecule has 1 amide bonds. The molecule has 100 valence electrons. The van der Waals surface area contributed by atoms with E-state index in [1.54, 1.807) is 38.3 Å². The molecule has 18 heavy (non-hydrogen) atoms. The van der Waals surface area contributed by atoms with Gasteiger partial charge in [0.25, 0.3) is 0 Å². The molecule has 0 saturated heterocycles. The van der Waals surface area contributed by atoms with E-state index < -0.39 is 6.10 Å². The van der Waals surface area contributed by atoms with Gasteiger partial charge in [0, 0.05) is 12.1 Å². The first-order valence-corrected chi connectivity index (χ1v) is 5.79. The molecular weight excluding hydrogens is 234 g/mol. The lowest BCUT2D eigenvalue weighted by molar-refractivity contribution is -0.118. The van der Waals surface area contributed by atoms with Gasteiger partial charge in [-0.05, 0) is 30.2 Å². The minimum atomic E-state index is -0.869. The first-order chi connectivity index (χ1) is 8.56. The SMILES string of the molecule is COc1ccc(NC(=O)C[C@H](C)[C@H](O)CO)cc1. The normalized spacial score (nSPS) is 13.8.